The molecule has 104 valence electrons. The zero-order valence-electron chi connectivity index (χ0n) is 10.2. The van der Waals surface area contributed by atoms with Crippen LogP contribution in [0.4, 0.5) is 13.2 Å². The van der Waals surface area contributed by atoms with E-state index in [-0.39, 0.29) is 13.2 Å². The van der Waals surface area contributed by atoms with Crippen molar-refractivity contribution in [1.82, 2.24) is 9.78 Å². The summed E-state index contributed by atoms with van der Waals surface area (Å²) in [4.78, 5) is 0. The minimum Gasteiger partial charge on any atom is -0.389 e. The Hall–Kier alpha value is -1.08. The van der Waals surface area contributed by atoms with E-state index in [4.69, 9.17) is 4.74 Å². The number of ether oxygens (including phenoxy) is 1. The zero-order valence-corrected chi connectivity index (χ0v) is 10.2. The van der Waals surface area contributed by atoms with Gasteiger partial charge in [0.05, 0.1) is 31.0 Å². The van der Waals surface area contributed by atoms with E-state index < -0.39 is 17.8 Å². The van der Waals surface area contributed by atoms with Gasteiger partial charge in [-0.25, -0.2) is 0 Å². The molecule has 0 spiro atoms. The van der Waals surface area contributed by atoms with E-state index in [9.17, 15) is 18.3 Å². The number of aliphatic hydroxyl groups excluding tert-OH is 1. The first-order chi connectivity index (χ1) is 8.43. The lowest BCUT2D eigenvalue weighted by Gasteiger charge is -2.11. The van der Waals surface area contributed by atoms with E-state index in [2.05, 4.69) is 5.10 Å². The summed E-state index contributed by atoms with van der Waals surface area (Å²) in [6.45, 7) is 2.64. The predicted molar refractivity (Wildman–Crippen MR) is 59.0 cm³/mol. The fraction of sp³-hybridized carbons (Fsp3) is 0.727. The average molecular weight is 266 g/mol. The van der Waals surface area contributed by atoms with Crippen LogP contribution in [0.1, 0.15) is 25.3 Å². The van der Waals surface area contributed by atoms with Crippen molar-refractivity contribution in [2.75, 3.05) is 13.2 Å². The third-order valence-electron chi connectivity index (χ3n) is 2.31. The van der Waals surface area contributed by atoms with Gasteiger partial charge in [0.15, 0.2) is 0 Å². The third kappa shape index (κ3) is 5.05. The summed E-state index contributed by atoms with van der Waals surface area (Å²) < 4.78 is 43.1. The Morgan fingerprint density at radius 1 is 1.50 bits per heavy atom. The molecule has 0 saturated heterocycles. The second kappa shape index (κ2) is 6.75. The lowest BCUT2D eigenvalue weighted by atomic mass is 10.3. The van der Waals surface area contributed by atoms with Crippen molar-refractivity contribution >= 4 is 0 Å². The average Bonchev–Trinajstić information content (AvgIpc) is 2.72. The van der Waals surface area contributed by atoms with Crippen LogP contribution in [-0.4, -0.2) is 34.2 Å². The standard InChI is InChI=1S/C11H17F3N2O2/c1-2-3-4-18-8-10(17)7-16-6-9(5-15-16)11(12,13)14/h5-6,10,17H,2-4,7-8H2,1H3. The highest BCUT2D eigenvalue weighted by Crippen LogP contribution is 2.28. The molecule has 4 nitrogen and oxygen atoms in total. The maximum absolute atomic E-state index is 12.3. The maximum Gasteiger partial charge on any atom is 0.419 e. The fourth-order valence-electron chi connectivity index (χ4n) is 1.34. The topological polar surface area (TPSA) is 47.3 Å². The predicted octanol–water partition coefficient (Wildman–Crippen LogP) is 2.08. The minimum absolute atomic E-state index is 0.0117. The van der Waals surface area contributed by atoms with Gasteiger partial charge in [0.2, 0.25) is 0 Å². The van der Waals surface area contributed by atoms with Crippen molar-refractivity contribution in [1.29, 1.82) is 0 Å². The molecule has 18 heavy (non-hydrogen) atoms. The molecule has 1 unspecified atom stereocenters. The van der Waals surface area contributed by atoms with Crippen LogP contribution in [0.15, 0.2) is 12.4 Å². The number of halogens is 3. The lowest BCUT2D eigenvalue weighted by Crippen LogP contribution is -2.22. The fourth-order valence-corrected chi connectivity index (χ4v) is 1.34. The summed E-state index contributed by atoms with van der Waals surface area (Å²) in [6.07, 6.45) is -1.76. The summed E-state index contributed by atoms with van der Waals surface area (Å²) in [5, 5.41) is 13.1. The third-order valence-corrected chi connectivity index (χ3v) is 2.31. The summed E-state index contributed by atoms with van der Waals surface area (Å²) in [5.74, 6) is 0. The van der Waals surface area contributed by atoms with Gasteiger partial charge in [-0.15, -0.1) is 0 Å². The van der Waals surface area contributed by atoms with Gasteiger partial charge in [-0.05, 0) is 6.42 Å². The molecular weight excluding hydrogens is 249 g/mol. The molecule has 1 N–H and O–H groups in total. The highest BCUT2D eigenvalue weighted by atomic mass is 19.4. The first-order valence-electron chi connectivity index (χ1n) is 5.79. The van der Waals surface area contributed by atoms with E-state index in [1.54, 1.807) is 0 Å². The molecule has 0 saturated carbocycles. The molecule has 1 aromatic rings. The van der Waals surface area contributed by atoms with Crippen molar-refractivity contribution < 1.29 is 23.0 Å². The summed E-state index contributed by atoms with van der Waals surface area (Å²) in [5.41, 5.74) is -0.818. The normalized spacial score (nSPS) is 13.8. The van der Waals surface area contributed by atoms with Crippen LogP contribution in [-0.2, 0) is 17.5 Å². The highest BCUT2D eigenvalue weighted by Gasteiger charge is 2.32. The van der Waals surface area contributed by atoms with E-state index in [0.29, 0.717) is 6.61 Å². The van der Waals surface area contributed by atoms with E-state index in [1.165, 1.54) is 0 Å². The van der Waals surface area contributed by atoms with Gasteiger partial charge in [-0.1, -0.05) is 13.3 Å². The van der Waals surface area contributed by atoms with Gasteiger partial charge < -0.3 is 9.84 Å². The molecule has 0 amide bonds. The van der Waals surface area contributed by atoms with Crippen molar-refractivity contribution in [3.05, 3.63) is 18.0 Å². The number of alkyl halides is 3. The second-order valence-corrected chi connectivity index (χ2v) is 4.03. The molecular formula is C11H17F3N2O2. The number of hydrogen-bond acceptors (Lipinski definition) is 3. The molecule has 0 radical (unpaired) electrons. The van der Waals surface area contributed by atoms with Crippen LogP contribution in [0.5, 0.6) is 0 Å². The number of nitrogens with zero attached hydrogens (tertiary/aromatic N) is 2. The van der Waals surface area contributed by atoms with Crippen LogP contribution >= 0.6 is 0 Å². The number of aromatic nitrogens is 2. The maximum atomic E-state index is 12.3. The Kier molecular flexibility index (Phi) is 5.61. The monoisotopic (exact) mass is 266 g/mol. The summed E-state index contributed by atoms with van der Waals surface area (Å²) in [7, 11) is 0. The first kappa shape index (κ1) is 15.0. The molecule has 0 fully saturated rings. The largest absolute Gasteiger partial charge is 0.419 e. The minimum atomic E-state index is -4.40. The van der Waals surface area contributed by atoms with Gasteiger partial charge in [-0.3, -0.25) is 4.68 Å². The highest BCUT2D eigenvalue weighted by molar-refractivity contribution is 5.08. The van der Waals surface area contributed by atoms with Crippen molar-refractivity contribution in [2.24, 2.45) is 0 Å². The van der Waals surface area contributed by atoms with Crippen molar-refractivity contribution in [2.45, 2.75) is 38.6 Å². The van der Waals surface area contributed by atoms with Crippen molar-refractivity contribution in [3.8, 4) is 0 Å². The molecule has 1 aromatic heterocycles. The number of rotatable bonds is 7. The molecule has 0 aromatic carbocycles. The van der Waals surface area contributed by atoms with Crippen LogP contribution in [0.3, 0.4) is 0 Å². The Morgan fingerprint density at radius 3 is 2.78 bits per heavy atom. The van der Waals surface area contributed by atoms with Crippen LogP contribution < -0.4 is 0 Å². The van der Waals surface area contributed by atoms with Gasteiger partial charge in [-0.2, -0.15) is 18.3 Å². The molecule has 0 bridgehead atoms. The van der Waals surface area contributed by atoms with Crippen molar-refractivity contribution in [3.63, 3.8) is 0 Å². The van der Waals surface area contributed by atoms with E-state index in [1.807, 2.05) is 6.92 Å². The Morgan fingerprint density at radius 2 is 2.22 bits per heavy atom. The van der Waals surface area contributed by atoms with E-state index >= 15 is 0 Å². The number of aliphatic hydroxyl groups is 1. The molecule has 0 aliphatic heterocycles. The van der Waals surface area contributed by atoms with Crippen LogP contribution in [0.25, 0.3) is 0 Å². The molecule has 7 heteroatoms. The molecule has 1 rings (SSSR count). The quantitative estimate of drug-likeness (QED) is 0.769. The van der Waals surface area contributed by atoms with Gasteiger partial charge in [0.1, 0.15) is 0 Å². The van der Waals surface area contributed by atoms with Gasteiger partial charge in [0, 0.05) is 12.8 Å². The Bertz CT molecular complexity index is 352. The zero-order chi connectivity index (χ0) is 13.6. The molecule has 1 atom stereocenters. The Labute approximate surface area is 103 Å². The lowest BCUT2D eigenvalue weighted by molar-refractivity contribution is -0.137. The summed E-state index contributed by atoms with van der Waals surface area (Å²) >= 11 is 0. The Balaban J connectivity index is 2.35. The second-order valence-electron chi connectivity index (χ2n) is 4.03. The summed E-state index contributed by atoms with van der Waals surface area (Å²) in [6, 6.07) is 0. The molecule has 1 heterocycles. The first-order valence-corrected chi connectivity index (χ1v) is 5.79. The smallest absolute Gasteiger partial charge is 0.389 e. The number of hydrogen-bond donors (Lipinski definition) is 1. The van der Waals surface area contributed by atoms with E-state index in [0.717, 1.165) is 29.9 Å². The molecule has 0 aliphatic rings. The SMILES string of the molecule is CCCCOCC(O)Cn1cc(C(F)(F)F)cn1. The van der Waals surface area contributed by atoms with Crippen LogP contribution in [0.2, 0.25) is 0 Å². The van der Waals surface area contributed by atoms with Gasteiger partial charge >= 0.3 is 6.18 Å². The van der Waals surface area contributed by atoms with Crippen LogP contribution in [0, 0.1) is 0 Å². The number of unbranched alkanes of at least 4 members (excludes halogenated alkanes) is 1. The molecule has 0 aliphatic carbocycles. The van der Waals surface area contributed by atoms with Gasteiger partial charge in [0.25, 0.3) is 0 Å².